The maximum Gasteiger partial charge on any atom is 0.283 e. The molecule has 2 rings (SSSR count). The van der Waals surface area contributed by atoms with Gasteiger partial charge in [0, 0.05) is 18.8 Å². The van der Waals surface area contributed by atoms with Crippen LogP contribution in [0, 0.1) is 0 Å². The van der Waals surface area contributed by atoms with Crippen molar-refractivity contribution in [1.29, 1.82) is 0 Å². The predicted molar refractivity (Wildman–Crippen MR) is 81.0 cm³/mol. The van der Waals surface area contributed by atoms with Gasteiger partial charge in [-0.2, -0.15) is 0 Å². The summed E-state index contributed by atoms with van der Waals surface area (Å²) in [6.45, 7) is 0.568. The summed E-state index contributed by atoms with van der Waals surface area (Å²) < 4.78 is 5.21. The number of methoxy groups -OCH3 is 1. The average Bonchev–Trinajstić information content (AvgIpc) is 2.54. The van der Waals surface area contributed by atoms with Gasteiger partial charge in [0.15, 0.2) is 0 Å². The lowest BCUT2D eigenvalue weighted by Crippen LogP contribution is -2.31. The van der Waals surface area contributed by atoms with Gasteiger partial charge in [0.25, 0.3) is 5.91 Å². The summed E-state index contributed by atoms with van der Waals surface area (Å²) in [5, 5.41) is 0. The lowest BCUT2D eigenvalue weighted by molar-refractivity contribution is 0.0948. The Morgan fingerprint density at radius 3 is 2.81 bits per heavy atom. The summed E-state index contributed by atoms with van der Waals surface area (Å²) in [6.07, 6.45) is 0. The van der Waals surface area contributed by atoms with Crippen molar-refractivity contribution in [2.45, 2.75) is 6.54 Å². The molecule has 0 radical (unpaired) electrons. The molecule has 0 atom stereocenters. The Balaban J connectivity index is 2.15. The summed E-state index contributed by atoms with van der Waals surface area (Å²) in [5.74, 6) is 5.51. The molecule has 0 aliphatic rings. The maximum atomic E-state index is 11.5. The molecule has 21 heavy (non-hydrogen) atoms. The number of carbonyl (C=O) groups is 1. The van der Waals surface area contributed by atoms with Crippen molar-refractivity contribution in [3.63, 3.8) is 0 Å². The molecule has 1 heterocycles. The molecule has 0 saturated carbocycles. The van der Waals surface area contributed by atoms with Gasteiger partial charge >= 0.3 is 0 Å². The second-order valence-electron chi connectivity index (χ2n) is 4.55. The zero-order chi connectivity index (χ0) is 15.2. The first-order chi connectivity index (χ1) is 10.1. The number of nitrogens with two attached hydrogens (primary N) is 1. The van der Waals surface area contributed by atoms with E-state index in [0.717, 1.165) is 17.1 Å². The zero-order valence-electron chi connectivity index (χ0n) is 12.0. The van der Waals surface area contributed by atoms with Gasteiger partial charge in [-0.3, -0.25) is 10.2 Å². The Labute approximate surface area is 123 Å². The van der Waals surface area contributed by atoms with E-state index in [-0.39, 0.29) is 0 Å². The highest BCUT2D eigenvalue weighted by atomic mass is 16.5. The molecule has 0 unspecified atom stereocenters. The molecule has 0 aliphatic heterocycles. The number of ether oxygens (including phenoxy) is 1. The minimum absolute atomic E-state index is 0.300. The second kappa shape index (κ2) is 6.71. The van der Waals surface area contributed by atoms with Gasteiger partial charge in [-0.15, -0.1) is 0 Å². The molecule has 6 nitrogen and oxygen atoms in total. The number of nitrogens with zero attached hydrogens (tertiary/aromatic N) is 2. The lowest BCUT2D eigenvalue weighted by Gasteiger charge is -2.19. The molecule has 6 heteroatoms. The van der Waals surface area contributed by atoms with E-state index in [2.05, 4.69) is 10.4 Å². The van der Waals surface area contributed by atoms with Crippen LogP contribution < -0.4 is 20.9 Å². The van der Waals surface area contributed by atoms with Gasteiger partial charge in [-0.05, 0) is 24.3 Å². The van der Waals surface area contributed by atoms with Gasteiger partial charge in [0.2, 0.25) is 0 Å². The van der Waals surface area contributed by atoms with Gasteiger partial charge in [0.1, 0.15) is 11.4 Å². The molecular weight excluding hydrogens is 268 g/mol. The molecule has 1 aromatic carbocycles. The molecule has 110 valence electrons. The second-order valence-corrected chi connectivity index (χ2v) is 4.55. The molecule has 0 saturated heterocycles. The largest absolute Gasteiger partial charge is 0.497 e. The first-order valence-electron chi connectivity index (χ1n) is 6.46. The third-order valence-corrected chi connectivity index (χ3v) is 3.06. The Bertz CT molecular complexity index is 631. The lowest BCUT2D eigenvalue weighted by atomic mass is 10.2. The van der Waals surface area contributed by atoms with Crippen molar-refractivity contribution in [3.8, 4) is 5.75 Å². The number of anilines is 1. The van der Waals surface area contributed by atoms with Crippen molar-refractivity contribution in [1.82, 2.24) is 10.4 Å². The molecule has 0 spiro atoms. The standard InChI is InChI=1S/C15H18N4O2/c1-19(12-6-4-7-13(9-12)21-2)10-11-5-3-8-14(17-11)15(20)18-16/h3-9H,10,16H2,1-2H3,(H,18,20). The monoisotopic (exact) mass is 286 g/mol. The summed E-state index contributed by atoms with van der Waals surface area (Å²) in [7, 11) is 3.59. The van der Waals surface area contributed by atoms with Crippen LogP contribution in [0.4, 0.5) is 5.69 Å². The van der Waals surface area contributed by atoms with Crippen LogP contribution in [-0.2, 0) is 6.54 Å². The van der Waals surface area contributed by atoms with Crippen molar-refractivity contribution in [3.05, 3.63) is 53.9 Å². The van der Waals surface area contributed by atoms with Crippen LogP contribution in [0.2, 0.25) is 0 Å². The third-order valence-electron chi connectivity index (χ3n) is 3.06. The predicted octanol–water partition coefficient (Wildman–Crippen LogP) is 1.33. The minimum atomic E-state index is -0.402. The summed E-state index contributed by atoms with van der Waals surface area (Å²) in [6, 6.07) is 13.0. The van der Waals surface area contributed by atoms with Crippen molar-refractivity contribution in [2.24, 2.45) is 5.84 Å². The molecule has 0 aliphatic carbocycles. The summed E-state index contributed by atoms with van der Waals surface area (Å²) in [4.78, 5) is 17.8. The Hall–Kier alpha value is -2.60. The van der Waals surface area contributed by atoms with Crippen molar-refractivity contribution < 1.29 is 9.53 Å². The number of aromatic nitrogens is 1. The molecule has 1 amide bonds. The Morgan fingerprint density at radius 1 is 1.33 bits per heavy atom. The zero-order valence-corrected chi connectivity index (χ0v) is 12.0. The molecule has 0 fully saturated rings. The minimum Gasteiger partial charge on any atom is -0.497 e. The highest BCUT2D eigenvalue weighted by Gasteiger charge is 2.08. The Kier molecular flexibility index (Phi) is 4.73. The number of nitrogens with one attached hydrogen (secondary N) is 1. The number of rotatable bonds is 5. The average molecular weight is 286 g/mol. The number of nitrogen functional groups attached to an aromatic ring is 1. The van der Waals surface area contributed by atoms with Crippen LogP contribution in [0.3, 0.4) is 0 Å². The number of amides is 1. The van der Waals surface area contributed by atoms with Crippen LogP contribution in [-0.4, -0.2) is 25.0 Å². The normalized spacial score (nSPS) is 10.0. The number of carbonyl (C=O) groups excluding carboxylic acids is 1. The molecule has 1 aromatic heterocycles. The van der Waals surface area contributed by atoms with E-state index < -0.39 is 5.91 Å². The SMILES string of the molecule is COc1cccc(N(C)Cc2cccc(C(=O)NN)n2)c1. The first-order valence-corrected chi connectivity index (χ1v) is 6.46. The molecule has 3 N–H and O–H groups in total. The van der Waals surface area contributed by atoms with Gasteiger partial charge in [-0.25, -0.2) is 10.8 Å². The van der Waals surface area contributed by atoms with E-state index in [9.17, 15) is 4.79 Å². The number of hydrazine groups is 1. The Morgan fingerprint density at radius 2 is 2.10 bits per heavy atom. The van der Waals surface area contributed by atoms with E-state index in [4.69, 9.17) is 10.6 Å². The van der Waals surface area contributed by atoms with E-state index in [0.29, 0.717) is 12.2 Å². The quantitative estimate of drug-likeness (QED) is 0.492. The van der Waals surface area contributed by atoms with Crippen LogP contribution in [0.15, 0.2) is 42.5 Å². The van der Waals surface area contributed by atoms with Crippen molar-refractivity contribution >= 4 is 11.6 Å². The fourth-order valence-electron chi connectivity index (χ4n) is 1.95. The third kappa shape index (κ3) is 3.70. The van der Waals surface area contributed by atoms with Crippen molar-refractivity contribution in [2.75, 3.05) is 19.1 Å². The number of hydrogen-bond acceptors (Lipinski definition) is 5. The highest BCUT2D eigenvalue weighted by molar-refractivity contribution is 5.91. The van der Waals surface area contributed by atoms with E-state index in [1.165, 1.54) is 0 Å². The van der Waals surface area contributed by atoms with Gasteiger partial charge in [0.05, 0.1) is 19.3 Å². The molecule has 0 bridgehead atoms. The van der Waals surface area contributed by atoms with Gasteiger partial charge < -0.3 is 9.64 Å². The smallest absolute Gasteiger partial charge is 0.283 e. The maximum absolute atomic E-state index is 11.5. The van der Waals surface area contributed by atoms with E-state index >= 15 is 0 Å². The van der Waals surface area contributed by atoms with Gasteiger partial charge in [-0.1, -0.05) is 12.1 Å². The fraction of sp³-hybridized carbons (Fsp3) is 0.200. The van der Waals surface area contributed by atoms with Crippen LogP contribution >= 0.6 is 0 Å². The number of pyridine rings is 1. The number of hydrogen-bond donors (Lipinski definition) is 2. The van der Waals surface area contributed by atoms with Crippen LogP contribution in [0.5, 0.6) is 5.75 Å². The first kappa shape index (κ1) is 14.8. The summed E-state index contributed by atoms with van der Waals surface area (Å²) in [5.41, 5.74) is 4.16. The highest BCUT2D eigenvalue weighted by Crippen LogP contribution is 2.21. The summed E-state index contributed by atoms with van der Waals surface area (Å²) >= 11 is 0. The molecule has 2 aromatic rings. The topological polar surface area (TPSA) is 80.5 Å². The fourth-order valence-corrected chi connectivity index (χ4v) is 1.95. The number of benzene rings is 1. The van der Waals surface area contributed by atoms with Crippen LogP contribution in [0.1, 0.15) is 16.2 Å². The van der Waals surface area contributed by atoms with E-state index in [1.807, 2.05) is 42.3 Å². The van der Waals surface area contributed by atoms with E-state index in [1.54, 1.807) is 19.2 Å². The molecular formula is C15H18N4O2. The van der Waals surface area contributed by atoms with Crippen LogP contribution in [0.25, 0.3) is 0 Å².